The van der Waals surface area contributed by atoms with Gasteiger partial charge in [0.25, 0.3) is 0 Å². The van der Waals surface area contributed by atoms with Gasteiger partial charge in [-0.05, 0) is 50.2 Å². The van der Waals surface area contributed by atoms with Crippen molar-refractivity contribution >= 4 is 21.6 Å². The first kappa shape index (κ1) is 19.7. The lowest BCUT2D eigenvalue weighted by Gasteiger charge is -2.14. The lowest BCUT2D eigenvalue weighted by atomic mass is 10.1. The van der Waals surface area contributed by atoms with Crippen LogP contribution in [0.3, 0.4) is 0 Å². The number of sulfone groups is 1. The summed E-state index contributed by atoms with van der Waals surface area (Å²) in [5.41, 5.74) is 0.270. The van der Waals surface area contributed by atoms with Gasteiger partial charge in [0.15, 0.2) is 15.9 Å². The molecule has 0 radical (unpaired) electrons. The maximum absolute atomic E-state index is 12.4. The Labute approximate surface area is 152 Å². The number of carbonyl (C=O) groups is 2. The summed E-state index contributed by atoms with van der Waals surface area (Å²) in [6.45, 7) is 3.82. The van der Waals surface area contributed by atoms with Crippen molar-refractivity contribution in [2.24, 2.45) is 0 Å². The Hall–Kier alpha value is -2.67. The van der Waals surface area contributed by atoms with Crippen molar-refractivity contribution < 1.29 is 27.5 Å². The van der Waals surface area contributed by atoms with Gasteiger partial charge in [0, 0.05) is 11.8 Å². The van der Waals surface area contributed by atoms with Crippen LogP contribution in [0, 0.1) is 0 Å². The molecule has 1 atom stereocenters. The van der Waals surface area contributed by atoms with Gasteiger partial charge >= 0.3 is 5.97 Å². The fourth-order valence-corrected chi connectivity index (χ4v) is 3.23. The van der Waals surface area contributed by atoms with Crippen LogP contribution < -0.4 is 4.74 Å². The molecule has 0 N–H and O–H groups in total. The Balaban J connectivity index is 2.15. The summed E-state index contributed by atoms with van der Waals surface area (Å²) in [6.07, 6.45) is -0.0544. The molecule has 7 heteroatoms. The van der Waals surface area contributed by atoms with E-state index >= 15 is 0 Å². The van der Waals surface area contributed by atoms with Crippen molar-refractivity contribution in [1.29, 1.82) is 0 Å². The molecule has 0 heterocycles. The Morgan fingerprint density at radius 3 is 2.23 bits per heavy atom. The molecule has 0 amide bonds. The lowest BCUT2D eigenvalue weighted by molar-refractivity contribution is 0.0315. The average Bonchev–Trinajstić information content (AvgIpc) is 2.61. The Kier molecular flexibility index (Phi) is 6.15. The zero-order chi connectivity index (χ0) is 19.3. The van der Waals surface area contributed by atoms with Crippen molar-refractivity contribution in [1.82, 2.24) is 0 Å². The van der Waals surface area contributed by atoms with Gasteiger partial charge < -0.3 is 9.47 Å². The highest BCUT2D eigenvalue weighted by atomic mass is 32.2. The van der Waals surface area contributed by atoms with E-state index in [1.807, 2.05) is 6.92 Å². The summed E-state index contributed by atoms with van der Waals surface area (Å²) in [6, 6.07) is 12.2. The van der Waals surface area contributed by atoms with Gasteiger partial charge in [0.2, 0.25) is 5.78 Å². The lowest BCUT2D eigenvalue weighted by Crippen LogP contribution is -2.25. The number of Topliss-reactive ketones (excluding diaryl/α,β-unsaturated/α-hetero) is 1. The zero-order valence-electron chi connectivity index (χ0n) is 14.8. The SMILES string of the molecule is CCOc1ccc(C(=O)C(C)OC(=O)c2ccccc2S(C)(=O)=O)cc1. The molecule has 2 rings (SSSR count). The molecule has 2 aromatic rings. The highest BCUT2D eigenvalue weighted by Gasteiger charge is 2.24. The molecule has 0 bridgehead atoms. The Bertz CT molecular complexity index is 900. The summed E-state index contributed by atoms with van der Waals surface area (Å²) >= 11 is 0. The van der Waals surface area contributed by atoms with Crippen LogP contribution >= 0.6 is 0 Å². The second-order valence-electron chi connectivity index (χ2n) is 5.64. The number of esters is 1. The molecule has 0 fully saturated rings. The molecule has 0 aliphatic rings. The molecule has 138 valence electrons. The van der Waals surface area contributed by atoms with Gasteiger partial charge in [0.1, 0.15) is 5.75 Å². The zero-order valence-corrected chi connectivity index (χ0v) is 15.6. The van der Waals surface area contributed by atoms with Crippen LogP contribution in [0.1, 0.15) is 34.6 Å². The van der Waals surface area contributed by atoms with Crippen LogP contribution in [0.2, 0.25) is 0 Å². The van der Waals surface area contributed by atoms with E-state index in [4.69, 9.17) is 9.47 Å². The third kappa shape index (κ3) is 4.70. The minimum absolute atomic E-state index is 0.0960. The first-order valence-electron chi connectivity index (χ1n) is 8.01. The molecular weight excluding hydrogens is 356 g/mol. The Morgan fingerprint density at radius 1 is 1.04 bits per heavy atom. The van der Waals surface area contributed by atoms with Crippen molar-refractivity contribution in [3.05, 3.63) is 59.7 Å². The van der Waals surface area contributed by atoms with Crippen LogP contribution in [0.25, 0.3) is 0 Å². The van der Waals surface area contributed by atoms with Gasteiger partial charge in [0.05, 0.1) is 17.1 Å². The van der Waals surface area contributed by atoms with E-state index in [2.05, 4.69) is 0 Å². The number of benzene rings is 2. The first-order chi connectivity index (χ1) is 12.2. The van der Waals surface area contributed by atoms with Crippen LogP contribution in [0.4, 0.5) is 0 Å². The third-order valence-electron chi connectivity index (χ3n) is 3.61. The largest absolute Gasteiger partial charge is 0.494 e. The molecule has 0 aliphatic carbocycles. The van der Waals surface area contributed by atoms with E-state index in [-0.39, 0.29) is 10.5 Å². The number of ether oxygens (including phenoxy) is 2. The van der Waals surface area contributed by atoms with Gasteiger partial charge in [-0.25, -0.2) is 13.2 Å². The summed E-state index contributed by atoms with van der Waals surface area (Å²) in [4.78, 5) is 24.6. The van der Waals surface area contributed by atoms with Crippen LogP contribution in [0.15, 0.2) is 53.4 Å². The molecule has 0 saturated heterocycles. The van der Waals surface area contributed by atoms with Crippen LogP contribution in [-0.2, 0) is 14.6 Å². The molecular formula is C19H20O6S. The van der Waals surface area contributed by atoms with E-state index in [0.29, 0.717) is 17.9 Å². The molecule has 2 aromatic carbocycles. The van der Waals surface area contributed by atoms with Crippen molar-refractivity contribution in [3.8, 4) is 5.75 Å². The fraction of sp³-hybridized carbons (Fsp3) is 0.263. The van der Waals surface area contributed by atoms with E-state index in [1.165, 1.54) is 31.2 Å². The molecule has 1 unspecified atom stereocenters. The maximum Gasteiger partial charge on any atom is 0.340 e. The summed E-state index contributed by atoms with van der Waals surface area (Å²) in [7, 11) is -3.60. The van der Waals surface area contributed by atoms with Crippen molar-refractivity contribution in [2.75, 3.05) is 12.9 Å². The molecule has 0 spiro atoms. The third-order valence-corrected chi connectivity index (χ3v) is 4.76. The van der Waals surface area contributed by atoms with Gasteiger partial charge in [-0.1, -0.05) is 12.1 Å². The topological polar surface area (TPSA) is 86.7 Å². The summed E-state index contributed by atoms with van der Waals surface area (Å²) < 4.78 is 34.1. The number of carbonyl (C=O) groups excluding carboxylic acids is 2. The second kappa shape index (κ2) is 8.14. The molecule has 0 aliphatic heterocycles. The van der Waals surface area contributed by atoms with Gasteiger partial charge in [-0.15, -0.1) is 0 Å². The summed E-state index contributed by atoms with van der Waals surface area (Å²) in [5, 5.41) is 0. The number of hydrogen-bond acceptors (Lipinski definition) is 6. The van der Waals surface area contributed by atoms with Crippen molar-refractivity contribution in [3.63, 3.8) is 0 Å². The molecule has 26 heavy (non-hydrogen) atoms. The van der Waals surface area contributed by atoms with Crippen molar-refractivity contribution in [2.45, 2.75) is 24.8 Å². The predicted molar refractivity (Wildman–Crippen MR) is 96.4 cm³/mol. The standard InChI is InChI=1S/C19H20O6S/c1-4-24-15-11-9-14(10-12-15)18(20)13(2)25-19(21)16-7-5-6-8-17(16)26(3,22)23/h5-13H,4H2,1-3H3. The number of hydrogen-bond donors (Lipinski definition) is 0. The van der Waals surface area contributed by atoms with E-state index in [0.717, 1.165) is 6.26 Å². The Morgan fingerprint density at radius 2 is 1.65 bits per heavy atom. The minimum atomic E-state index is -3.60. The highest BCUT2D eigenvalue weighted by Crippen LogP contribution is 2.19. The predicted octanol–water partition coefficient (Wildman–Crippen LogP) is 2.92. The normalized spacial score (nSPS) is 12.3. The van der Waals surface area contributed by atoms with Crippen LogP contribution in [0.5, 0.6) is 5.75 Å². The van der Waals surface area contributed by atoms with Gasteiger partial charge in [-0.2, -0.15) is 0 Å². The smallest absolute Gasteiger partial charge is 0.340 e. The average molecular weight is 376 g/mol. The molecule has 0 saturated carbocycles. The number of ketones is 1. The molecule has 0 aromatic heterocycles. The maximum atomic E-state index is 12.4. The second-order valence-corrected chi connectivity index (χ2v) is 7.62. The number of rotatable bonds is 7. The first-order valence-corrected chi connectivity index (χ1v) is 9.90. The summed E-state index contributed by atoms with van der Waals surface area (Å²) in [5.74, 6) is -0.619. The molecule has 6 nitrogen and oxygen atoms in total. The van der Waals surface area contributed by atoms with E-state index in [9.17, 15) is 18.0 Å². The fourth-order valence-electron chi connectivity index (χ4n) is 2.35. The van der Waals surface area contributed by atoms with Gasteiger partial charge in [-0.3, -0.25) is 4.79 Å². The quantitative estimate of drug-likeness (QED) is 0.545. The van der Waals surface area contributed by atoms with E-state index < -0.39 is 27.7 Å². The minimum Gasteiger partial charge on any atom is -0.494 e. The highest BCUT2D eigenvalue weighted by molar-refractivity contribution is 7.90. The van der Waals surface area contributed by atoms with E-state index in [1.54, 1.807) is 24.3 Å². The van der Waals surface area contributed by atoms with Crippen LogP contribution in [-0.4, -0.2) is 39.1 Å². The monoisotopic (exact) mass is 376 g/mol.